The monoisotopic (exact) mass is 340 g/mol. The molecule has 4 aromatic rings. The van der Waals surface area contributed by atoms with E-state index in [2.05, 4.69) is 35.0 Å². The number of thiophene rings is 1. The lowest BCUT2D eigenvalue weighted by Gasteiger charge is -2.09. The summed E-state index contributed by atoms with van der Waals surface area (Å²) in [5.41, 5.74) is 5.93. The van der Waals surface area contributed by atoms with Crippen LogP contribution in [0.2, 0.25) is 0 Å². The lowest BCUT2D eigenvalue weighted by atomic mass is 9.99. The molecule has 7 heteroatoms. The van der Waals surface area contributed by atoms with Crippen molar-refractivity contribution in [3.63, 3.8) is 0 Å². The average molecular weight is 340 g/mol. The summed E-state index contributed by atoms with van der Waals surface area (Å²) in [5.74, 6) is -0.624. The Labute approximate surface area is 141 Å². The number of carboxylic acids is 1. The molecule has 0 bridgehead atoms. The van der Waals surface area contributed by atoms with Crippen molar-refractivity contribution in [3.05, 3.63) is 40.7 Å². The smallest absolute Gasteiger partial charge is 0.345 e. The normalized spacial score (nSPS) is 11.8. The van der Waals surface area contributed by atoms with Gasteiger partial charge in [0.2, 0.25) is 0 Å². The minimum Gasteiger partial charge on any atom is -0.477 e. The molecule has 6 nitrogen and oxygen atoms in total. The topological polar surface area (TPSA) is 83.3 Å². The van der Waals surface area contributed by atoms with Crippen molar-refractivity contribution < 1.29 is 9.90 Å². The molecule has 4 rings (SSSR count). The van der Waals surface area contributed by atoms with Gasteiger partial charge in [0, 0.05) is 11.8 Å². The SMILES string of the molecule is Cc1cc(-c2[nH]c3cc(C(=O)O)sc3c2C(C)C)cn2ncnc12. The Morgan fingerprint density at radius 2 is 2.17 bits per heavy atom. The number of H-pyrrole nitrogens is 1. The molecule has 0 aliphatic rings. The van der Waals surface area contributed by atoms with Crippen LogP contribution in [0, 0.1) is 6.92 Å². The Kier molecular flexibility index (Phi) is 3.21. The van der Waals surface area contributed by atoms with Gasteiger partial charge in [-0.15, -0.1) is 11.3 Å². The average Bonchev–Trinajstić information content (AvgIpc) is 3.19. The third-order valence-electron chi connectivity index (χ3n) is 4.14. The number of carbonyl (C=O) groups is 1. The molecule has 0 unspecified atom stereocenters. The number of aromatic nitrogens is 4. The Hall–Kier alpha value is -2.67. The molecule has 2 N–H and O–H groups in total. The molecular weight excluding hydrogens is 324 g/mol. The van der Waals surface area contributed by atoms with Crippen LogP contribution in [0.1, 0.15) is 40.6 Å². The molecule has 0 aliphatic carbocycles. The number of fused-ring (bicyclic) bond motifs is 2. The Morgan fingerprint density at radius 1 is 1.38 bits per heavy atom. The first kappa shape index (κ1) is 14.9. The fourth-order valence-electron chi connectivity index (χ4n) is 3.11. The zero-order valence-electron chi connectivity index (χ0n) is 13.5. The van der Waals surface area contributed by atoms with Gasteiger partial charge in [0.05, 0.1) is 15.9 Å². The lowest BCUT2D eigenvalue weighted by molar-refractivity contribution is 0.0702. The van der Waals surface area contributed by atoms with Gasteiger partial charge in [0.25, 0.3) is 0 Å². The molecule has 0 atom stereocenters. The van der Waals surface area contributed by atoms with Gasteiger partial charge in [-0.2, -0.15) is 5.10 Å². The third-order valence-corrected chi connectivity index (χ3v) is 5.30. The second kappa shape index (κ2) is 5.17. The van der Waals surface area contributed by atoms with Crippen LogP contribution >= 0.6 is 11.3 Å². The van der Waals surface area contributed by atoms with Crippen LogP contribution in [-0.2, 0) is 0 Å². The standard InChI is InChI=1S/C17H16N4O2S/c1-8(2)13-14(20-11-5-12(17(22)23)24-15(11)13)10-4-9(3)16-18-7-19-21(16)6-10/h4-8,20H,1-3H3,(H,22,23). The molecule has 4 aromatic heterocycles. The summed E-state index contributed by atoms with van der Waals surface area (Å²) in [6, 6.07) is 3.79. The highest BCUT2D eigenvalue weighted by atomic mass is 32.1. The van der Waals surface area contributed by atoms with E-state index in [1.165, 1.54) is 11.3 Å². The van der Waals surface area contributed by atoms with Gasteiger partial charge >= 0.3 is 5.97 Å². The van der Waals surface area contributed by atoms with Gasteiger partial charge < -0.3 is 10.1 Å². The number of carboxylic acid groups (broad SMARTS) is 1. The Balaban J connectivity index is 1.99. The molecule has 0 spiro atoms. The molecule has 0 aromatic carbocycles. The summed E-state index contributed by atoms with van der Waals surface area (Å²) in [6.45, 7) is 6.25. The summed E-state index contributed by atoms with van der Waals surface area (Å²) in [5, 5.41) is 13.5. The molecule has 0 aliphatic heterocycles. The second-order valence-electron chi connectivity index (χ2n) is 6.17. The third kappa shape index (κ3) is 2.12. The first-order valence-electron chi connectivity index (χ1n) is 7.64. The lowest BCUT2D eigenvalue weighted by Crippen LogP contribution is -1.96. The van der Waals surface area contributed by atoms with E-state index in [0.29, 0.717) is 4.88 Å². The van der Waals surface area contributed by atoms with Crippen LogP contribution in [0.15, 0.2) is 24.7 Å². The van der Waals surface area contributed by atoms with Crippen molar-refractivity contribution in [3.8, 4) is 11.3 Å². The fraction of sp³-hybridized carbons (Fsp3) is 0.235. The minimum absolute atomic E-state index is 0.265. The molecule has 0 radical (unpaired) electrons. The van der Waals surface area contributed by atoms with Gasteiger partial charge in [-0.3, -0.25) is 0 Å². The van der Waals surface area contributed by atoms with E-state index in [1.54, 1.807) is 16.9 Å². The molecule has 0 saturated carbocycles. The maximum Gasteiger partial charge on any atom is 0.345 e. The maximum absolute atomic E-state index is 11.2. The number of rotatable bonds is 3. The van der Waals surface area contributed by atoms with Gasteiger partial charge in [-0.1, -0.05) is 13.8 Å². The summed E-state index contributed by atoms with van der Waals surface area (Å²) in [7, 11) is 0. The van der Waals surface area contributed by atoms with Crippen molar-refractivity contribution in [2.75, 3.05) is 0 Å². The zero-order valence-corrected chi connectivity index (χ0v) is 14.3. The van der Waals surface area contributed by atoms with Gasteiger partial charge in [0.15, 0.2) is 5.65 Å². The van der Waals surface area contributed by atoms with E-state index < -0.39 is 5.97 Å². The summed E-state index contributed by atoms with van der Waals surface area (Å²) < 4.78 is 2.78. The van der Waals surface area contributed by atoms with E-state index in [1.807, 2.05) is 13.1 Å². The first-order chi connectivity index (χ1) is 11.5. The van der Waals surface area contributed by atoms with Crippen molar-refractivity contribution in [1.82, 2.24) is 19.6 Å². The van der Waals surface area contributed by atoms with E-state index in [4.69, 9.17) is 0 Å². The minimum atomic E-state index is -0.888. The van der Waals surface area contributed by atoms with Crippen molar-refractivity contribution in [2.24, 2.45) is 0 Å². The quantitative estimate of drug-likeness (QED) is 0.589. The van der Waals surface area contributed by atoms with Gasteiger partial charge in [-0.25, -0.2) is 14.3 Å². The Bertz CT molecular complexity index is 1090. The molecule has 0 fully saturated rings. The number of pyridine rings is 1. The number of nitrogens with one attached hydrogen (secondary N) is 1. The van der Waals surface area contributed by atoms with Crippen LogP contribution in [-0.4, -0.2) is 30.7 Å². The second-order valence-corrected chi connectivity index (χ2v) is 7.22. The zero-order chi connectivity index (χ0) is 17.0. The van der Waals surface area contributed by atoms with Crippen molar-refractivity contribution in [2.45, 2.75) is 26.7 Å². The van der Waals surface area contributed by atoms with E-state index in [9.17, 15) is 9.90 Å². The summed E-state index contributed by atoms with van der Waals surface area (Å²) in [6.07, 6.45) is 3.50. The Morgan fingerprint density at radius 3 is 2.88 bits per heavy atom. The van der Waals surface area contributed by atoms with Crippen LogP contribution < -0.4 is 0 Å². The highest BCUT2D eigenvalue weighted by Crippen LogP contribution is 2.40. The number of aromatic amines is 1. The number of hydrogen-bond donors (Lipinski definition) is 2. The van der Waals surface area contributed by atoms with E-state index >= 15 is 0 Å². The van der Waals surface area contributed by atoms with Gasteiger partial charge in [-0.05, 0) is 36.1 Å². The maximum atomic E-state index is 11.2. The summed E-state index contributed by atoms with van der Waals surface area (Å²) >= 11 is 1.32. The van der Waals surface area contributed by atoms with Crippen LogP contribution in [0.25, 0.3) is 27.1 Å². The number of aromatic carboxylic acids is 1. The molecule has 24 heavy (non-hydrogen) atoms. The highest BCUT2D eigenvalue weighted by molar-refractivity contribution is 7.21. The van der Waals surface area contributed by atoms with E-state index in [0.717, 1.165) is 38.2 Å². The van der Waals surface area contributed by atoms with Crippen molar-refractivity contribution >= 4 is 33.2 Å². The molecule has 0 amide bonds. The number of nitrogens with zero attached hydrogens (tertiary/aromatic N) is 3. The molecule has 122 valence electrons. The fourth-order valence-corrected chi connectivity index (χ4v) is 4.27. The van der Waals surface area contributed by atoms with Crippen LogP contribution in [0.5, 0.6) is 0 Å². The van der Waals surface area contributed by atoms with Crippen molar-refractivity contribution in [1.29, 1.82) is 0 Å². The largest absolute Gasteiger partial charge is 0.477 e. The number of hydrogen-bond acceptors (Lipinski definition) is 4. The predicted octanol–water partition coefficient (Wildman–Crippen LogP) is 4.07. The van der Waals surface area contributed by atoms with Crippen LogP contribution in [0.4, 0.5) is 0 Å². The van der Waals surface area contributed by atoms with Gasteiger partial charge in [0.1, 0.15) is 11.2 Å². The first-order valence-corrected chi connectivity index (χ1v) is 8.46. The summed E-state index contributed by atoms with van der Waals surface area (Å²) in [4.78, 5) is 19.3. The molecule has 4 heterocycles. The van der Waals surface area contributed by atoms with Crippen LogP contribution in [0.3, 0.4) is 0 Å². The highest BCUT2D eigenvalue weighted by Gasteiger charge is 2.21. The predicted molar refractivity (Wildman–Crippen MR) is 93.9 cm³/mol. The van der Waals surface area contributed by atoms with E-state index in [-0.39, 0.29) is 5.92 Å². The molecule has 0 saturated heterocycles. The molecular formula is C17H16N4O2S. The number of aryl methyl sites for hydroxylation is 1.